The lowest BCUT2D eigenvalue weighted by atomic mass is 10.2. The van der Waals surface area contributed by atoms with Crippen molar-refractivity contribution in [2.75, 3.05) is 36.4 Å². The van der Waals surface area contributed by atoms with E-state index >= 15 is 0 Å². The molecule has 0 saturated carbocycles. The molecular formula is C24H29ClN6OS. The number of rotatable bonds is 6. The number of hydrogen-bond donors (Lipinski definition) is 1. The summed E-state index contributed by atoms with van der Waals surface area (Å²) in [4.78, 5) is 31.8. The third kappa shape index (κ3) is 5.69. The number of anilines is 2. The van der Waals surface area contributed by atoms with Crippen molar-refractivity contribution < 1.29 is 4.79 Å². The maximum atomic E-state index is 12.7. The second-order valence-electron chi connectivity index (χ2n) is 8.56. The number of aromatic nitrogens is 3. The van der Waals surface area contributed by atoms with Gasteiger partial charge in [-0.25, -0.2) is 15.0 Å². The molecule has 1 N–H and O–H groups in total. The second-order valence-corrected chi connectivity index (χ2v) is 10.1. The first kappa shape index (κ1) is 23.6. The predicted molar refractivity (Wildman–Crippen MR) is 135 cm³/mol. The normalized spacial score (nSPS) is 14.7. The molecule has 4 rings (SSSR count). The van der Waals surface area contributed by atoms with Crippen molar-refractivity contribution in [2.45, 2.75) is 40.2 Å². The van der Waals surface area contributed by atoms with Crippen molar-refractivity contribution in [1.29, 1.82) is 0 Å². The van der Waals surface area contributed by atoms with E-state index in [1.165, 1.54) is 11.3 Å². The number of benzene rings is 1. The summed E-state index contributed by atoms with van der Waals surface area (Å²) < 4.78 is 0. The van der Waals surface area contributed by atoms with Gasteiger partial charge in [0, 0.05) is 44.7 Å². The minimum absolute atomic E-state index is 0.211. The van der Waals surface area contributed by atoms with Crippen molar-refractivity contribution in [1.82, 2.24) is 19.9 Å². The van der Waals surface area contributed by atoms with Gasteiger partial charge in [0.25, 0.3) is 5.91 Å². The molecule has 1 aromatic carbocycles. The molecule has 174 valence electrons. The Balaban J connectivity index is 1.44. The summed E-state index contributed by atoms with van der Waals surface area (Å²) >= 11 is 7.61. The van der Waals surface area contributed by atoms with Gasteiger partial charge in [0.1, 0.15) is 16.5 Å². The number of nitrogens with zero attached hydrogens (tertiary/aromatic N) is 5. The number of carbonyl (C=O) groups excluding carboxylic acids is 1. The van der Waals surface area contributed by atoms with Gasteiger partial charge in [0.2, 0.25) is 0 Å². The van der Waals surface area contributed by atoms with Crippen LogP contribution in [0.15, 0.2) is 30.5 Å². The molecule has 7 nitrogen and oxygen atoms in total. The summed E-state index contributed by atoms with van der Waals surface area (Å²) in [6, 6.07) is 8.15. The van der Waals surface area contributed by atoms with Crippen LogP contribution < -0.4 is 10.2 Å². The largest absolute Gasteiger partial charge is 0.354 e. The molecule has 0 spiro atoms. The average molecular weight is 485 g/mol. The zero-order valence-corrected chi connectivity index (χ0v) is 21.0. The third-order valence-electron chi connectivity index (χ3n) is 5.82. The molecular weight excluding hydrogens is 456 g/mol. The summed E-state index contributed by atoms with van der Waals surface area (Å²) in [7, 11) is 0. The van der Waals surface area contributed by atoms with Crippen molar-refractivity contribution in [2.24, 2.45) is 0 Å². The Morgan fingerprint density at radius 2 is 1.94 bits per heavy atom. The highest BCUT2D eigenvalue weighted by Gasteiger charge is 2.21. The molecule has 3 heterocycles. The molecule has 0 radical (unpaired) electrons. The molecule has 1 saturated heterocycles. The van der Waals surface area contributed by atoms with Crippen LogP contribution in [0.3, 0.4) is 0 Å². The third-order valence-corrected chi connectivity index (χ3v) is 7.13. The molecule has 0 atom stereocenters. The van der Waals surface area contributed by atoms with E-state index in [1.807, 2.05) is 32.0 Å². The maximum Gasteiger partial charge on any atom is 0.267 e. The van der Waals surface area contributed by atoms with E-state index in [2.05, 4.69) is 43.9 Å². The van der Waals surface area contributed by atoms with Gasteiger partial charge in [0.05, 0.1) is 27.6 Å². The smallest absolute Gasteiger partial charge is 0.267 e. The van der Waals surface area contributed by atoms with Crippen molar-refractivity contribution in [3.63, 3.8) is 0 Å². The zero-order valence-electron chi connectivity index (χ0n) is 19.4. The maximum absolute atomic E-state index is 12.7. The zero-order chi connectivity index (χ0) is 23.5. The number of nitrogens with one attached hydrogen (secondary N) is 1. The Hall–Kier alpha value is -2.55. The van der Waals surface area contributed by atoms with E-state index in [0.29, 0.717) is 28.0 Å². The quantitative estimate of drug-likeness (QED) is 0.552. The van der Waals surface area contributed by atoms with Crippen LogP contribution >= 0.6 is 22.9 Å². The molecule has 1 aliphatic rings. The second kappa shape index (κ2) is 10.2. The van der Waals surface area contributed by atoms with Gasteiger partial charge in [-0.1, -0.05) is 23.7 Å². The molecule has 1 amide bonds. The lowest BCUT2D eigenvalue weighted by Crippen LogP contribution is -2.49. The highest BCUT2D eigenvalue weighted by molar-refractivity contribution is 7.13. The SMILES string of the molecule is Cc1nc(Cc2ncc(C(=O)Nc3c(C)cccc3Cl)s2)cc(N2CCN(C(C)C)CC2)n1. The number of amides is 1. The standard InChI is InChI=1S/C24H29ClN6OS/c1-15(2)30-8-10-31(11-9-30)21-12-18(27-17(4)28-21)13-22-26-14-20(33-22)24(32)29-23-16(3)6-5-7-19(23)25/h5-7,12,14-15H,8-11,13H2,1-4H3,(H,29,32). The molecule has 0 bridgehead atoms. The van der Waals surface area contributed by atoms with Crippen LogP contribution in [-0.4, -0.2) is 58.0 Å². The van der Waals surface area contributed by atoms with Gasteiger partial charge in [-0.2, -0.15) is 0 Å². The summed E-state index contributed by atoms with van der Waals surface area (Å²) in [5, 5.41) is 4.27. The Morgan fingerprint density at radius 3 is 2.64 bits per heavy atom. The van der Waals surface area contributed by atoms with Crippen molar-refractivity contribution >= 4 is 40.4 Å². The molecule has 33 heavy (non-hydrogen) atoms. The van der Waals surface area contributed by atoms with E-state index in [4.69, 9.17) is 11.6 Å². The molecule has 2 aromatic heterocycles. The fourth-order valence-corrected chi connectivity index (χ4v) is 5.05. The molecule has 1 aliphatic heterocycles. The highest BCUT2D eigenvalue weighted by Crippen LogP contribution is 2.27. The van der Waals surface area contributed by atoms with Crippen LogP contribution in [0.2, 0.25) is 5.02 Å². The molecule has 0 aliphatic carbocycles. The van der Waals surface area contributed by atoms with E-state index in [1.54, 1.807) is 12.3 Å². The average Bonchev–Trinajstić information content (AvgIpc) is 3.24. The molecule has 9 heteroatoms. The van der Waals surface area contributed by atoms with E-state index in [0.717, 1.165) is 54.1 Å². The van der Waals surface area contributed by atoms with Gasteiger partial charge in [-0.05, 0) is 39.3 Å². The number of para-hydroxylation sites is 1. The first-order valence-electron chi connectivity index (χ1n) is 11.1. The van der Waals surface area contributed by atoms with Crippen LogP contribution in [0.25, 0.3) is 0 Å². The number of hydrogen-bond acceptors (Lipinski definition) is 7. The fraction of sp³-hybridized carbons (Fsp3) is 0.417. The monoisotopic (exact) mass is 484 g/mol. The summed E-state index contributed by atoms with van der Waals surface area (Å²) in [6.07, 6.45) is 2.17. The van der Waals surface area contributed by atoms with Crippen LogP contribution in [0, 0.1) is 13.8 Å². The Morgan fingerprint density at radius 1 is 1.18 bits per heavy atom. The number of piperazine rings is 1. The lowest BCUT2D eigenvalue weighted by Gasteiger charge is -2.37. The molecule has 3 aromatic rings. The van der Waals surface area contributed by atoms with Gasteiger partial charge in [-0.15, -0.1) is 11.3 Å². The Kier molecular flexibility index (Phi) is 7.26. The van der Waals surface area contributed by atoms with E-state index in [-0.39, 0.29) is 5.91 Å². The number of halogens is 1. The van der Waals surface area contributed by atoms with E-state index in [9.17, 15) is 4.79 Å². The van der Waals surface area contributed by atoms with E-state index < -0.39 is 0 Å². The lowest BCUT2D eigenvalue weighted by molar-refractivity contribution is 0.103. The summed E-state index contributed by atoms with van der Waals surface area (Å²) in [5.41, 5.74) is 2.46. The first-order valence-corrected chi connectivity index (χ1v) is 12.3. The summed E-state index contributed by atoms with van der Waals surface area (Å²) in [6.45, 7) is 12.3. The van der Waals surface area contributed by atoms with Gasteiger partial charge < -0.3 is 10.2 Å². The van der Waals surface area contributed by atoms with Gasteiger partial charge in [0.15, 0.2) is 0 Å². The molecule has 0 unspecified atom stereocenters. The van der Waals surface area contributed by atoms with Gasteiger partial charge in [-0.3, -0.25) is 9.69 Å². The highest BCUT2D eigenvalue weighted by atomic mass is 35.5. The first-order chi connectivity index (χ1) is 15.8. The minimum atomic E-state index is -0.211. The minimum Gasteiger partial charge on any atom is -0.354 e. The number of carbonyl (C=O) groups is 1. The fourth-order valence-electron chi connectivity index (χ4n) is 3.95. The Labute approximate surface area is 203 Å². The van der Waals surface area contributed by atoms with Crippen LogP contribution in [0.4, 0.5) is 11.5 Å². The number of thiazole rings is 1. The van der Waals surface area contributed by atoms with Gasteiger partial charge >= 0.3 is 0 Å². The van der Waals surface area contributed by atoms with Crippen molar-refractivity contribution in [3.05, 3.63) is 62.5 Å². The number of aryl methyl sites for hydroxylation is 2. The topological polar surface area (TPSA) is 74.2 Å². The Bertz CT molecular complexity index is 1120. The summed E-state index contributed by atoms with van der Waals surface area (Å²) in [5.74, 6) is 1.50. The molecule has 1 fully saturated rings. The predicted octanol–water partition coefficient (Wildman–Crippen LogP) is 4.58. The van der Waals surface area contributed by atoms with Crippen molar-refractivity contribution in [3.8, 4) is 0 Å². The van der Waals surface area contributed by atoms with Crippen LogP contribution in [0.5, 0.6) is 0 Å². The van der Waals surface area contributed by atoms with Crippen LogP contribution in [0.1, 0.15) is 45.6 Å². The van der Waals surface area contributed by atoms with Crippen LogP contribution in [-0.2, 0) is 6.42 Å².